The lowest BCUT2D eigenvalue weighted by molar-refractivity contribution is -0.0174. The van der Waals surface area contributed by atoms with Crippen molar-refractivity contribution in [2.75, 3.05) is 13.1 Å². The van der Waals surface area contributed by atoms with Crippen LogP contribution in [0, 0.1) is 6.92 Å². The number of benzene rings is 3. The zero-order valence-electron chi connectivity index (χ0n) is 19.3. The van der Waals surface area contributed by atoms with Crippen molar-refractivity contribution in [2.24, 2.45) is 5.73 Å². The number of rotatable bonds is 2. The molecule has 172 valence electrons. The van der Waals surface area contributed by atoms with Gasteiger partial charge in [0.2, 0.25) is 0 Å². The molecule has 6 rings (SSSR count). The van der Waals surface area contributed by atoms with Crippen LogP contribution in [0.15, 0.2) is 73.1 Å². The van der Waals surface area contributed by atoms with Gasteiger partial charge in [-0.15, -0.1) is 0 Å². The summed E-state index contributed by atoms with van der Waals surface area (Å²) in [4.78, 5) is 19.8. The Morgan fingerprint density at radius 2 is 1.88 bits per heavy atom. The zero-order chi connectivity index (χ0) is 23.3. The molecule has 6 nitrogen and oxygen atoms in total. The van der Waals surface area contributed by atoms with Crippen LogP contribution < -0.4 is 10.5 Å². The fourth-order valence-electron chi connectivity index (χ4n) is 5.40. The molecule has 3 heterocycles. The van der Waals surface area contributed by atoms with Gasteiger partial charge in [-0.05, 0) is 48.9 Å². The Labute approximate surface area is 199 Å². The molecule has 1 spiro atoms. The quantitative estimate of drug-likeness (QED) is 0.475. The lowest BCUT2D eigenvalue weighted by atomic mass is 9.81. The van der Waals surface area contributed by atoms with Crippen molar-refractivity contribution >= 4 is 16.9 Å². The van der Waals surface area contributed by atoms with Crippen molar-refractivity contribution in [2.45, 2.75) is 37.8 Å². The van der Waals surface area contributed by atoms with Gasteiger partial charge in [-0.1, -0.05) is 30.3 Å². The van der Waals surface area contributed by atoms with Crippen molar-refractivity contribution in [3.05, 3.63) is 89.7 Å². The standard InChI is InChI=1S/C28H28N4O2/c1-19-5-4-6-21(15-19)32-18-30-24-16-20(9-10-25(24)32)27(33)31-13-11-28(12-14-31)17-23(29)22-7-2-3-8-26(22)34-28/h2-10,15-16,18,23H,11-14,17,29H2,1H3. The van der Waals surface area contributed by atoms with E-state index in [9.17, 15) is 4.79 Å². The number of hydrogen-bond donors (Lipinski definition) is 1. The molecule has 2 N–H and O–H groups in total. The third kappa shape index (κ3) is 3.55. The number of piperidine rings is 1. The first kappa shape index (κ1) is 20.9. The van der Waals surface area contributed by atoms with Crippen LogP contribution in [0.3, 0.4) is 0 Å². The third-order valence-electron chi connectivity index (χ3n) is 7.27. The molecule has 34 heavy (non-hydrogen) atoms. The summed E-state index contributed by atoms with van der Waals surface area (Å²) in [5.74, 6) is 0.929. The van der Waals surface area contributed by atoms with Crippen LogP contribution in [0.5, 0.6) is 5.75 Å². The van der Waals surface area contributed by atoms with Gasteiger partial charge in [-0.3, -0.25) is 9.36 Å². The summed E-state index contributed by atoms with van der Waals surface area (Å²) < 4.78 is 8.50. The Morgan fingerprint density at radius 3 is 2.71 bits per heavy atom. The van der Waals surface area contributed by atoms with Gasteiger partial charge in [0.15, 0.2) is 0 Å². The van der Waals surface area contributed by atoms with Gasteiger partial charge >= 0.3 is 0 Å². The predicted octanol–water partition coefficient (Wildman–Crippen LogP) is 4.79. The van der Waals surface area contributed by atoms with E-state index in [1.807, 2.05) is 59.8 Å². The summed E-state index contributed by atoms with van der Waals surface area (Å²) >= 11 is 0. The van der Waals surface area contributed by atoms with E-state index in [4.69, 9.17) is 10.5 Å². The average molecular weight is 453 g/mol. The van der Waals surface area contributed by atoms with Crippen molar-refractivity contribution < 1.29 is 9.53 Å². The number of fused-ring (bicyclic) bond motifs is 2. The number of para-hydroxylation sites is 1. The summed E-state index contributed by atoms with van der Waals surface area (Å²) in [6.45, 7) is 3.39. The lowest BCUT2D eigenvalue weighted by Crippen LogP contribution is -2.52. The molecule has 6 heteroatoms. The molecule has 0 bridgehead atoms. The number of aromatic nitrogens is 2. The number of imidazole rings is 1. The van der Waals surface area contributed by atoms with Gasteiger partial charge in [-0.2, -0.15) is 0 Å². The number of likely N-dealkylation sites (tertiary alicyclic amines) is 1. The number of amides is 1. The molecule has 0 radical (unpaired) electrons. The Balaban J connectivity index is 1.19. The normalized spacial score (nSPS) is 19.1. The molecule has 2 aliphatic heterocycles. The number of ether oxygens (including phenoxy) is 1. The van der Waals surface area contributed by atoms with Crippen LogP contribution in [0.4, 0.5) is 0 Å². The van der Waals surface area contributed by atoms with E-state index >= 15 is 0 Å². The molecule has 1 unspecified atom stereocenters. The van der Waals surface area contributed by atoms with E-state index in [0.717, 1.165) is 47.3 Å². The summed E-state index contributed by atoms with van der Waals surface area (Å²) in [5, 5.41) is 0. The average Bonchev–Trinajstić information content (AvgIpc) is 3.27. The Hall–Kier alpha value is -3.64. The fourth-order valence-corrected chi connectivity index (χ4v) is 5.40. The van der Waals surface area contributed by atoms with E-state index in [1.54, 1.807) is 0 Å². The Kier molecular flexibility index (Phi) is 4.92. The van der Waals surface area contributed by atoms with Gasteiger partial charge < -0.3 is 15.4 Å². The highest BCUT2D eigenvalue weighted by molar-refractivity contribution is 5.97. The third-order valence-corrected chi connectivity index (χ3v) is 7.27. The summed E-state index contributed by atoms with van der Waals surface area (Å²) in [7, 11) is 0. The second-order valence-electron chi connectivity index (χ2n) is 9.58. The maximum absolute atomic E-state index is 13.3. The number of carbonyl (C=O) groups excluding carboxylic acids is 1. The molecule has 3 aromatic carbocycles. The highest BCUT2D eigenvalue weighted by Crippen LogP contribution is 2.43. The van der Waals surface area contributed by atoms with Crippen LogP contribution >= 0.6 is 0 Å². The monoisotopic (exact) mass is 452 g/mol. The highest BCUT2D eigenvalue weighted by Gasteiger charge is 2.43. The van der Waals surface area contributed by atoms with E-state index in [2.05, 4.69) is 34.7 Å². The van der Waals surface area contributed by atoms with Gasteiger partial charge in [0.05, 0.1) is 11.0 Å². The molecule has 0 saturated carbocycles. The minimum absolute atomic E-state index is 0.0295. The van der Waals surface area contributed by atoms with Crippen molar-refractivity contribution in [1.82, 2.24) is 14.5 Å². The number of aryl methyl sites for hydroxylation is 1. The molecule has 0 aliphatic carbocycles. The lowest BCUT2D eigenvalue weighted by Gasteiger charge is -2.46. The zero-order valence-corrected chi connectivity index (χ0v) is 19.3. The van der Waals surface area contributed by atoms with Crippen LogP contribution in [-0.4, -0.2) is 39.0 Å². The first-order valence-corrected chi connectivity index (χ1v) is 11.9. The molecule has 1 fully saturated rings. The molecule has 1 saturated heterocycles. The van der Waals surface area contributed by atoms with E-state index in [-0.39, 0.29) is 17.6 Å². The van der Waals surface area contributed by atoms with Gasteiger partial charge in [0.25, 0.3) is 5.91 Å². The van der Waals surface area contributed by atoms with Gasteiger partial charge in [0, 0.05) is 55.2 Å². The largest absolute Gasteiger partial charge is 0.487 e. The SMILES string of the molecule is Cc1cccc(-n2cnc3cc(C(=O)N4CCC5(CC4)CC(N)c4ccccc4O5)ccc32)c1. The summed E-state index contributed by atoms with van der Waals surface area (Å²) in [5.41, 5.74) is 12.0. The molecular formula is C28H28N4O2. The van der Waals surface area contributed by atoms with Crippen LogP contribution in [0.25, 0.3) is 16.7 Å². The van der Waals surface area contributed by atoms with E-state index < -0.39 is 0 Å². The smallest absolute Gasteiger partial charge is 0.253 e. The van der Waals surface area contributed by atoms with Gasteiger partial charge in [0.1, 0.15) is 17.7 Å². The number of nitrogens with zero attached hydrogens (tertiary/aromatic N) is 3. The van der Waals surface area contributed by atoms with E-state index in [1.165, 1.54) is 5.56 Å². The Bertz CT molecular complexity index is 1380. The maximum Gasteiger partial charge on any atom is 0.253 e. The highest BCUT2D eigenvalue weighted by atomic mass is 16.5. The van der Waals surface area contributed by atoms with Gasteiger partial charge in [-0.25, -0.2) is 4.98 Å². The second-order valence-corrected chi connectivity index (χ2v) is 9.58. The van der Waals surface area contributed by atoms with Crippen molar-refractivity contribution in [3.8, 4) is 11.4 Å². The molecule has 1 atom stereocenters. The van der Waals surface area contributed by atoms with E-state index in [0.29, 0.717) is 18.7 Å². The topological polar surface area (TPSA) is 73.4 Å². The van der Waals surface area contributed by atoms with Crippen LogP contribution in [0.2, 0.25) is 0 Å². The minimum Gasteiger partial charge on any atom is -0.487 e. The Morgan fingerprint density at radius 1 is 1.06 bits per heavy atom. The second kappa shape index (κ2) is 7.99. The summed E-state index contributed by atoms with van der Waals surface area (Å²) in [6.07, 6.45) is 4.17. The number of nitrogens with two attached hydrogens (primary N) is 1. The number of hydrogen-bond acceptors (Lipinski definition) is 4. The molecular weight excluding hydrogens is 424 g/mol. The molecule has 2 aliphatic rings. The van der Waals surface area contributed by atoms with Crippen molar-refractivity contribution in [3.63, 3.8) is 0 Å². The first-order chi connectivity index (χ1) is 16.5. The first-order valence-electron chi connectivity index (χ1n) is 11.9. The van der Waals surface area contributed by atoms with Crippen LogP contribution in [-0.2, 0) is 0 Å². The fraction of sp³-hybridized carbons (Fsp3) is 0.286. The summed E-state index contributed by atoms with van der Waals surface area (Å²) in [6, 6.07) is 22.1. The van der Waals surface area contributed by atoms with Crippen LogP contribution in [0.1, 0.15) is 46.8 Å². The maximum atomic E-state index is 13.3. The molecule has 1 aromatic heterocycles. The number of carbonyl (C=O) groups is 1. The minimum atomic E-state index is -0.291. The molecule has 1 amide bonds. The predicted molar refractivity (Wildman–Crippen MR) is 132 cm³/mol. The molecule has 4 aromatic rings. The van der Waals surface area contributed by atoms with Crippen molar-refractivity contribution in [1.29, 1.82) is 0 Å².